The van der Waals surface area contributed by atoms with Crippen molar-refractivity contribution in [2.75, 3.05) is 19.8 Å². The molecule has 1 saturated carbocycles. The fraction of sp³-hybridized carbons (Fsp3) is 0.933. The van der Waals surface area contributed by atoms with Crippen LogP contribution in [0.2, 0.25) is 0 Å². The van der Waals surface area contributed by atoms with Crippen LogP contribution in [0.5, 0.6) is 0 Å². The zero-order valence-electron chi connectivity index (χ0n) is 12.6. The van der Waals surface area contributed by atoms with E-state index < -0.39 is 24.0 Å². The molecule has 0 amide bonds. The average Bonchev–Trinajstić information content (AvgIpc) is 2.48. The number of halogens is 3. The predicted octanol–water partition coefficient (Wildman–Crippen LogP) is 2.82. The third-order valence-corrected chi connectivity index (χ3v) is 4.97. The minimum absolute atomic E-state index is 0.000269. The number of ether oxygens (including phenoxy) is 1. The number of alkyl halides is 3. The van der Waals surface area contributed by atoms with Crippen molar-refractivity contribution in [2.24, 2.45) is 17.8 Å². The summed E-state index contributed by atoms with van der Waals surface area (Å²) in [5.41, 5.74) is 0. The second-order valence-electron chi connectivity index (χ2n) is 6.39. The number of rotatable bonds is 5. The lowest BCUT2D eigenvalue weighted by Gasteiger charge is -2.33. The summed E-state index contributed by atoms with van der Waals surface area (Å²) in [4.78, 5) is 11.4. The maximum atomic E-state index is 12.6. The highest BCUT2D eigenvalue weighted by molar-refractivity contribution is 5.70. The fourth-order valence-electron chi connectivity index (χ4n) is 3.49. The van der Waals surface area contributed by atoms with Gasteiger partial charge in [0.1, 0.15) is 0 Å². The van der Waals surface area contributed by atoms with Gasteiger partial charge in [-0.3, -0.25) is 4.79 Å². The van der Waals surface area contributed by atoms with E-state index in [9.17, 15) is 23.1 Å². The molecule has 1 atom stereocenters. The van der Waals surface area contributed by atoms with Gasteiger partial charge < -0.3 is 15.2 Å². The molecular formula is C15H24F3NO3. The van der Waals surface area contributed by atoms with Crippen molar-refractivity contribution in [1.29, 1.82) is 0 Å². The lowest BCUT2D eigenvalue weighted by Crippen LogP contribution is -2.43. The number of nitrogens with one attached hydrogen (secondary N) is 1. The molecule has 1 saturated heterocycles. The normalized spacial score (nSPS) is 29.2. The number of carboxylic acids is 1. The van der Waals surface area contributed by atoms with E-state index in [1.165, 1.54) is 0 Å². The molecule has 0 aromatic heterocycles. The molecule has 4 nitrogen and oxygen atoms in total. The van der Waals surface area contributed by atoms with Crippen molar-refractivity contribution in [3.05, 3.63) is 0 Å². The van der Waals surface area contributed by atoms with Gasteiger partial charge in [-0.2, -0.15) is 13.2 Å². The molecule has 0 aromatic carbocycles. The van der Waals surface area contributed by atoms with Crippen LogP contribution in [0.3, 0.4) is 0 Å². The first-order chi connectivity index (χ1) is 10.4. The van der Waals surface area contributed by atoms with Crippen LogP contribution in [0.15, 0.2) is 0 Å². The van der Waals surface area contributed by atoms with Gasteiger partial charge in [-0.1, -0.05) is 0 Å². The fourth-order valence-corrected chi connectivity index (χ4v) is 3.49. The van der Waals surface area contributed by atoms with E-state index in [1.807, 2.05) is 0 Å². The Morgan fingerprint density at radius 2 is 1.73 bits per heavy atom. The topological polar surface area (TPSA) is 58.6 Å². The van der Waals surface area contributed by atoms with Gasteiger partial charge in [-0.25, -0.2) is 0 Å². The van der Waals surface area contributed by atoms with Gasteiger partial charge in [0.25, 0.3) is 0 Å². The Bertz CT molecular complexity index is 362. The Hall–Kier alpha value is -0.820. The summed E-state index contributed by atoms with van der Waals surface area (Å²) in [5, 5.41) is 12.6. The molecule has 2 N–H and O–H groups in total. The van der Waals surface area contributed by atoms with Crippen LogP contribution < -0.4 is 5.32 Å². The first-order valence-corrected chi connectivity index (χ1v) is 7.98. The second-order valence-corrected chi connectivity index (χ2v) is 6.39. The maximum Gasteiger partial charge on any atom is 0.391 e. The molecule has 2 fully saturated rings. The van der Waals surface area contributed by atoms with Crippen molar-refractivity contribution in [1.82, 2.24) is 5.32 Å². The molecule has 0 spiro atoms. The van der Waals surface area contributed by atoms with Gasteiger partial charge in [0.15, 0.2) is 0 Å². The van der Waals surface area contributed by atoms with E-state index in [2.05, 4.69) is 5.32 Å². The number of hydrogen-bond acceptors (Lipinski definition) is 3. The summed E-state index contributed by atoms with van der Waals surface area (Å²) in [5.74, 6) is -2.42. The van der Waals surface area contributed by atoms with Crippen LogP contribution in [-0.2, 0) is 9.53 Å². The Labute approximate surface area is 128 Å². The van der Waals surface area contributed by atoms with E-state index in [0.717, 1.165) is 12.8 Å². The van der Waals surface area contributed by atoms with Gasteiger partial charge in [-0.05, 0) is 44.4 Å². The summed E-state index contributed by atoms with van der Waals surface area (Å²) < 4.78 is 43.1. The van der Waals surface area contributed by atoms with Crippen LogP contribution in [0.4, 0.5) is 13.2 Å². The molecule has 0 bridgehead atoms. The SMILES string of the molecule is O=C(O)C(CNC1CCC(C(F)(F)F)CC1)C1CCOCC1. The molecule has 1 unspecified atom stereocenters. The highest BCUT2D eigenvalue weighted by Gasteiger charge is 2.41. The molecule has 2 rings (SSSR count). The monoisotopic (exact) mass is 323 g/mol. The molecule has 128 valence electrons. The minimum atomic E-state index is -4.10. The number of hydrogen-bond donors (Lipinski definition) is 2. The summed E-state index contributed by atoms with van der Waals surface area (Å²) >= 11 is 0. The Kier molecular flexibility index (Phi) is 6.09. The number of carboxylic acid groups (broad SMARTS) is 1. The lowest BCUT2D eigenvalue weighted by atomic mass is 9.83. The first kappa shape index (κ1) is 17.5. The molecule has 1 aliphatic carbocycles. The van der Waals surface area contributed by atoms with E-state index in [4.69, 9.17) is 4.74 Å². The highest BCUT2D eigenvalue weighted by atomic mass is 19.4. The van der Waals surface area contributed by atoms with Crippen molar-refractivity contribution in [3.8, 4) is 0 Å². The van der Waals surface area contributed by atoms with Crippen LogP contribution in [0.1, 0.15) is 38.5 Å². The average molecular weight is 323 g/mol. The first-order valence-electron chi connectivity index (χ1n) is 7.98. The van der Waals surface area contributed by atoms with E-state index in [-0.39, 0.29) is 24.8 Å². The van der Waals surface area contributed by atoms with Gasteiger partial charge in [-0.15, -0.1) is 0 Å². The second kappa shape index (κ2) is 7.64. The summed E-state index contributed by atoms with van der Waals surface area (Å²) in [6, 6.07) is 0.000269. The summed E-state index contributed by atoms with van der Waals surface area (Å²) in [7, 11) is 0. The van der Waals surface area contributed by atoms with Gasteiger partial charge >= 0.3 is 12.1 Å². The molecule has 22 heavy (non-hydrogen) atoms. The lowest BCUT2D eigenvalue weighted by molar-refractivity contribution is -0.182. The summed E-state index contributed by atoms with van der Waals surface area (Å²) in [6.45, 7) is 1.51. The molecular weight excluding hydrogens is 299 g/mol. The van der Waals surface area contributed by atoms with Gasteiger partial charge in [0.05, 0.1) is 11.8 Å². The van der Waals surface area contributed by atoms with E-state index in [1.54, 1.807) is 0 Å². The molecule has 1 aliphatic heterocycles. The summed E-state index contributed by atoms with van der Waals surface area (Å²) in [6.07, 6.45) is -1.43. The molecule has 0 aromatic rings. The number of aliphatic carboxylic acids is 1. The largest absolute Gasteiger partial charge is 0.481 e. The zero-order chi connectivity index (χ0) is 16.2. The molecule has 7 heteroatoms. The molecule has 0 radical (unpaired) electrons. The third-order valence-electron chi connectivity index (χ3n) is 4.97. The van der Waals surface area contributed by atoms with Crippen molar-refractivity contribution in [3.63, 3.8) is 0 Å². The van der Waals surface area contributed by atoms with Gasteiger partial charge in [0, 0.05) is 25.8 Å². The zero-order valence-corrected chi connectivity index (χ0v) is 12.6. The Balaban J connectivity index is 1.77. The quantitative estimate of drug-likeness (QED) is 0.817. The third kappa shape index (κ3) is 4.84. The maximum absolute atomic E-state index is 12.6. The van der Waals surface area contributed by atoms with E-state index in [0.29, 0.717) is 32.6 Å². The van der Waals surface area contributed by atoms with Crippen LogP contribution >= 0.6 is 0 Å². The molecule has 1 heterocycles. The van der Waals surface area contributed by atoms with Crippen molar-refractivity contribution in [2.45, 2.75) is 50.7 Å². The van der Waals surface area contributed by atoms with E-state index >= 15 is 0 Å². The van der Waals surface area contributed by atoms with Crippen molar-refractivity contribution < 1.29 is 27.8 Å². The predicted molar refractivity (Wildman–Crippen MR) is 74.5 cm³/mol. The Morgan fingerprint density at radius 1 is 1.14 bits per heavy atom. The minimum Gasteiger partial charge on any atom is -0.481 e. The van der Waals surface area contributed by atoms with Crippen molar-refractivity contribution >= 4 is 5.97 Å². The molecule has 2 aliphatic rings. The van der Waals surface area contributed by atoms with Crippen LogP contribution in [0.25, 0.3) is 0 Å². The van der Waals surface area contributed by atoms with Crippen LogP contribution in [0, 0.1) is 17.8 Å². The number of carbonyl (C=O) groups is 1. The van der Waals surface area contributed by atoms with Crippen LogP contribution in [-0.4, -0.2) is 43.1 Å². The standard InChI is InChI=1S/C15H24F3NO3/c16-15(17,18)11-1-3-12(4-2-11)19-9-13(14(20)21)10-5-7-22-8-6-10/h10-13,19H,1-9H2,(H,20,21). The Morgan fingerprint density at radius 3 is 2.23 bits per heavy atom. The van der Waals surface area contributed by atoms with Gasteiger partial charge in [0.2, 0.25) is 0 Å². The highest BCUT2D eigenvalue weighted by Crippen LogP contribution is 2.37. The smallest absolute Gasteiger partial charge is 0.391 e.